The van der Waals surface area contributed by atoms with Crippen LogP contribution in [0.2, 0.25) is 0 Å². The summed E-state index contributed by atoms with van der Waals surface area (Å²) in [6.07, 6.45) is 2.37. The predicted octanol–water partition coefficient (Wildman–Crippen LogP) is 3.70. The van der Waals surface area contributed by atoms with Crippen molar-refractivity contribution in [3.8, 4) is 0 Å². The molecule has 2 aromatic rings. The second-order valence-electron chi connectivity index (χ2n) is 7.06. The molecule has 1 unspecified atom stereocenters. The van der Waals surface area contributed by atoms with E-state index in [4.69, 9.17) is 0 Å². The number of nitrogens with one attached hydrogen (secondary N) is 2. The highest BCUT2D eigenvalue weighted by molar-refractivity contribution is 5.74. The van der Waals surface area contributed by atoms with E-state index >= 15 is 0 Å². The summed E-state index contributed by atoms with van der Waals surface area (Å²) >= 11 is 0. The zero-order valence-corrected chi connectivity index (χ0v) is 15.0. The van der Waals surface area contributed by atoms with Crippen LogP contribution in [0.3, 0.4) is 0 Å². The maximum absolute atomic E-state index is 12.4. The van der Waals surface area contributed by atoms with E-state index in [0.717, 1.165) is 12.1 Å². The molecule has 2 N–H and O–H groups in total. The average Bonchev–Trinajstić information content (AvgIpc) is 3.44. The molecule has 0 aliphatic heterocycles. The smallest absolute Gasteiger partial charge is 0.315 e. The van der Waals surface area contributed by atoms with Gasteiger partial charge in [0.05, 0.1) is 6.04 Å². The molecule has 1 aliphatic carbocycles. The Bertz CT molecular complexity index is 695. The Morgan fingerprint density at radius 3 is 2.32 bits per heavy atom. The van der Waals surface area contributed by atoms with Gasteiger partial charge in [-0.3, -0.25) is 0 Å². The first-order chi connectivity index (χ1) is 12.1. The highest BCUT2D eigenvalue weighted by Crippen LogP contribution is 2.40. The first-order valence-electron chi connectivity index (χ1n) is 8.94. The van der Waals surface area contributed by atoms with Crippen LogP contribution in [0.4, 0.5) is 4.79 Å². The number of nitrogens with zero attached hydrogens (tertiary/aromatic N) is 1. The highest BCUT2D eigenvalue weighted by Gasteiger charge is 2.33. The van der Waals surface area contributed by atoms with Crippen molar-refractivity contribution >= 4 is 6.03 Å². The van der Waals surface area contributed by atoms with E-state index in [2.05, 4.69) is 53.9 Å². The van der Waals surface area contributed by atoms with Crippen molar-refractivity contribution < 1.29 is 4.79 Å². The largest absolute Gasteiger partial charge is 0.334 e. The van der Waals surface area contributed by atoms with Crippen molar-refractivity contribution in [1.29, 1.82) is 0 Å². The first-order valence-corrected chi connectivity index (χ1v) is 8.94. The fourth-order valence-electron chi connectivity index (χ4n) is 3.16. The highest BCUT2D eigenvalue weighted by atomic mass is 16.2. The molecule has 2 aromatic carbocycles. The minimum absolute atomic E-state index is 0.0968. The minimum Gasteiger partial charge on any atom is -0.334 e. The minimum atomic E-state index is -0.0968. The lowest BCUT2D eigenvalue weighted by Gasteiger charge is -2.20. The van der Waals surface area contributed by atoms with E-state index in [1.807, 2.05) is 30.3 Å². The predicted molar refractivity (Wildman–Crippen MR) is 101 cm³/mol. The molecule has 0 spiro atoms. The summed E-state index contributed by atoms with van der Waals surface area (Å²) in [4.78, 5) is 14.6. The molecule has 0 aromatic heterocycles. The molecule has 4 heteroatoms. The second kappa shape index (κ2) is 8.17. The number of carbonyl (C=O) groups excluding carboxylic acids is 1. The van der Waals surface area contributed by atoms with Crippen LogP contribution in [-0.4, -0.2) is 25.0 Å². The summed E-state index contributed by atoms with van der Waals surface area (Å²) in [6, 6.07) is 18.5. The monoisotopic (exact) mass is 337 g/mol. The molecule has 25 heavy (non-hydrogen) atoms. The molecule has 3 rings (SSSR count). The normalized spacial score (nSPS) is 15.0. The number of hydrogen-bond donors (Lipinski definition) is 2. The zero-order chi connectivity index (χ0) is 17.6. The van der Waals surface area contributed by atoms with Crippen LogP contribution in [0.15, 0.2) is 54.6 Å². The molecular formula is C21H27N3O. The van der Waals surface area contributed by atoms with Gasteiger partial charge in [0, 0.05) is 13.1 Å². The van der Waals surface area contributed by atoms with Crippen LogP contribution in [-0.2, 0) is 13.1 Å². The Morgan fingerprint density at radius 1 is 1.04 bits per heavy atom. The van der Waals surface area contributed by atoms with Crippen LogP contribution in [0, 0.1) is 5.92 Å². The second-order valence-corrected chi connectivity index (χ2v) is 7.06. The summed E-state index contributed by atoms with van der Waals surface area (Å²) < 4.78 is 0. The summed E-state index contributed by atoms with van der Waals surface area (Å²) in [5.41, 5.74) is 3.59. The molecule has 132 valence electrons. The van der Waals surface area contributed by atoms with E-state index in [1.165, 1.54) is 24.0 Å². The topological polar surface area (TPSA) is 44.4 Å². The van der Waals surface area contributed by atoms with Gasteiger partial charge < -0.3 is 15.5 Å². The van der Waals surface area contributed by atoms with E-state index in [9.17, 15) is 4.79 Å². The summed E-state index contributed by atoms with van der Waals surface area (Å²) in [5.74, 6) is 0.564. The average molecular weight is 337 g/mol. The van der Waals surface area contributed by atoms with Crippen molar-refractivity contribution in [3.05, 3.63) is 71.3 Å². The molecule has 0 saturated heterocycles. The Kier molecular flexibility index (Phi) is 5.71. The molecule has 1 saturated carbocycles. The van der Waals surface area contributed by atoms with Gasteiger partial charge in [-0.25, -0.2) is 4.79 Å². The van der Waals surface area contributed by atoms with E-state index in [0.29, 0.717) is 12.5 Å². The third-order valence-corrected chi connectivity index (χ3v) is 4.58. The van der Waals surface area contributed by atoms with E-state index in [1.54, 1.807) is 0 Å². The van der Waals surface area contributed by atoms with Gasteiger partial charge in [0.15, 0.2) is 0 Å². The maximum Gasteiger partial charge on any atom is 0.315 e. The van der Waals surface area contributed by atoms with Crippen molar-refractivity contribution in [2.24, 2.45) is 5.92 Å². The Morgan fingerprint density at radius 2 is 1.68 bits per heavy atom. The van der Waals surface area contributed by atoms with Gasteiger partial charge in [0.2, 0.25) is 0 Å². The summed E-state index contributed by atoms with van der Waals surface area (Å²) in [5, 5.41) is 6.19. The van der Waals surface area contributed by atoms with Crippen molar-refractivity contribution in [2.75, 3.05) is 14.1 Å². The lowest BCUT2D eigenvalue weighted by Crippen LogP contribution is -2.38. The van der Waals surface area contributed by atoms with Crippen molar-refractivity contribution in [1.82, 2.24) is 15.5 Å². The van der Waals surface area contributed by atoms with Crippen LogP contribution >= 0.6 is 0 Å². The van der Waals surface area contributed by atoms with E-state index < -0.39 is 0 Å². The molecule has 1 aliphatic rings. The Balaban J connectivity index is 1.59. The Hall–Kier alpha value is -2.33. The fraction of sp³-hybridized carbons (Fsp3) is 0.381. The van der Waals surface area contributed by atoms with Gasteiger partial charge in [-0.1, -0.05) is 54.6 Å². The maximum atomic E-state index is 12.4. The lowest BCUT2D eigenvalue weighted by molar-refractivity contribution is 0.235. The van der Waals surface area contributed by atoms with E-state index in [-0.39, 0.29) is 12.1 Å². The third kappa shape index (κ3) is 5.07. The van der Waals surface area contributed by atoms with Gasteiger partial charge in [-0.15, -0.1) is 0 Å². The Labute approximate surface area is 150 Å². The number of benzene rings is 2. The summed E-state index contributed by atoms with van der Waals surface area (Å²) in [7, 11) is 4.11. The van der Waals surface area contributed by atoms with Crippen LogP contribution < -0.4 is 10.6 Å². The van der Waals surface area contributed by atoms with Crippen molar-refractivity contribution in [3.63, 3.8) is 0 Å². The molecule has 0 heterocycles. The SMILES string of the molecule is CN(C)Cc1ccccc1CNC(=O)NC(c1ccccc1)C1CC1. The molecule has 0 radical (unpaired) electrons. The van der Waals surface area contributed by atoms with Gasteiger partial charge in [0.25, 0.3) is 0 Å². The summed E-state index contributed by atoms with van der Waals surface area (Å²) in [6.45, 7) is 1.41. The molecule has 0 bridgehead atoms. The molecule has 1 fully saturated rings. The molecule has 1 atom stereocenters. The fourth-order valence-corrected chi connectivity index (χ4v) is 3.16. The number of urea groups is 1. The standard InChI is InChI=1S/C21H27N3O/c1-24(2)15-19-11-7-6-10-18(19)14-22-21(25)23-20(17-12-13-17)16-8-4-3-5-9-16/h3-11,17,20H,12-15H2,1-2H3,(H2,22,23,25). The van der Waals surface area contributed by atoms with Gasteiger partial charge in [-0.2, -0.15) is 0 Å². The lowest BCUT2D eigenvalue weighted by atomic mass is 10.0. The number of carbonyl (C=O) groups is 1. The number of hydrogen-bond acceptors (Lipinski definition) is 2. The molecule has 4 nitrogen and oxygen atoms in total. The van der Waals surface area contributed by atoms with Crippen LogP contribution in [0.5, 0.6) is 0 Å². The quantitative estimate of drug-likeness (QED) is 0.809. The molecular weight excluding hydrogens is 310 g/mol. The van der Waals surface area contributed by atoms with Crippen LogP contribution in [0.1, 0.15) is 35.6 Å². The van der Waals surface area contributed by atoms with Gasteiger partial charge in [-0.05, 0) is 49.5 Å². The third-order valence-electron chi connectivity index (χ3n) is 4.58. The zero-order valence-electron chi connectivity index (χ0n) is 15.0. The first kappa shape index (κ1) is 17.5. The van der Waals surface area contributed by atoms with Gasteiger partial charge in [0.1, 0.15) is 0 Å². The molecule has 2 amide bonds. The number of amides is 2. The van der Waals surface area contributed by atoms with Crippen molar-refractivity contribution in [2.45, 2.75) is 32.0 Å². The van der Waals surface area contributed by atoms with Crippen LogP contribution in [0.25, 0.3) is 0 Å². The number of rotatable bonds is 7. The van der Waals surface area contributed by atoms with Gasteiger partial charge >= 0.3 is 6.03 Å².